The van der Waals surface area contributed by atoms with Crippen molar-refractivity contribution in [2.45, 2.75) is 12.8 Å². The van der Waals surface area contributed by atoms with E-state index < -0.39 is 0 Å². The summed E-state index contributed by atoms with van der Waals surface area (Å²) in [6, 6.07) is 6.47. The van der Waals surface area contributed by atoms with Crippen molar-refractivity contribution in [1.29, 1.82) is 0 Å². The van der Waals surface area contributed by atoms with Gasteiger partial charge >= 0.3 is 5.69 Å². The molecule has 1 aromatic heterocycles. The number of rotatable bonds is 4. The van der Waals surface area contributed by atoms with Gasteiger partial charge in [0.25, 0.3) is 5.91 Å². The zero-order chi connectivity index (χ0) is 17.2. The van der Waals surface area contributed by atoms with Crippen molar-refractivity contribution in [3.05, 3.63) is 51.7 Å². The number of piperazine rings is 1. The quantitative estimate of drug-likeness (QED) is 0.854. The van der Waals surface area contributed by atoms with Crippen LogP contribution in [-0.4, -0.2) is 65.0 Å². The zero-order valence-electron chi connectivity index (χ0n) is 14.1. The largest absolute Gasteiger partial charge is 0.493 e. The molecule has 0 radical (unpaired) electrons. The predicted molar refractivity (Wildman–Crippen MR) is 93.1 cm³/mol. The van der Waals surface area contributed by atoms with E-state index in [9.17, 15) is 9.59 Å². The Balaban J connectivity index is 1.27. The average Bonchev–Trinajstić information content (AvgIpc) is 3.28. The second-order valence-electron chi connectivity index (χ2n) is 6.58. The number of ether oxygens (including phenoxy) is 1. The Morgan fingerprint density at radius 1 is 1.20 bits per heavy atom. The van der Waals surface area contributed by atoms with Crippen LogP contribution in [-0.2, 0) is 12.8 Å². The minimum atomic E-state index is -0.346. The fourth-order valence-corrected chi connectivity index (χ4v) is 3.47. The Bertz CT molecular complexity index is 818. The molecule has 132 valence electrons. The second kappa shape index (κ2) is 6.76. The molecule has 4 rings (SSSR count). The smallest absolute Gasteiger partial charge is 0.323 e. The molecule has 0 aliphatic carbocycles. The molecule has 0 atom stereocenters. The van der Waals surface area contributed by atoms with Gasteiger partial charge < -0.3 is 19.6 Å². The van der Waals surface area contributed by atoms with Gasteiger partial charge in [-0.2, -0.15) is 0 Å². The lowest BCUT2D eigenvalue weighted by molar-refractivity contribution is 0.0633. The van der Waals surface area contributed by atoms with Gasteiger partial charge in [-0.05, 0) is 23.6 Å². The number of carbonyl (C=O) groups is 1. The van der Waals surface area contributed by atoms with Crippen molar-refractivity contribution in [2.24, 2.45) is 0 Å². The molecule has 7 heteroatoms. The number of hydrogen-bond donors (Lipinski definition) is 2. The number of benzene rings is 1. The summed E-state index contributed by atoms with van der Waals surface area (Å²) >= 11 is 0. The third-order valence-electron chi connectivity index (χ3n) is 4.96. The van der Waals surface area contributed by atoms with Crippen LogP contribution in [0.2, 0.25) is 0 Å². The van der Waals surface area contributed by atoms with Crippen LogP contribution in [0.4, 0.5) is 0 Å². The Morgan fingerprint density at radius 2 is 2.04 bits per heavy atom. The number of fused-ring (bicyclic) bond motifs is 1. The van der Waals surface area contributed by atoms with Crippen molar-refractivity contribution in [3.63, 3.8) is 0 Å². The zero-order valence-corrected chi connectivity index (χ0v) is 14.1. The maximum absolute atomic E-state index is 12.3. The lowest BCUT2D eigenvalue weighted by atomic mass is 10.1. The third kappa shape index (κ3) is 3.46. The van der Waals surface area contributed by atoms with Gasteiger partial charge in [0, 0.05) is 45.3 Å². The Hall–Kier alpha value is -2.54. The summed E-state index contributed by atoms with van der Waals surface area (Å²) in [6.07, 6.45) is 3.45. The van der Waals surface area contributed by atoms with Gasteiger partial charge in [-0.25, -0.2) is 4.79 Å². The normalized spacial score (nSPS) is 17.4. The molecule has 1 saturated heterocycles. The summed E-state index contributed by atoms with van der Waals surface area (Å²) in [7, 11) is 0. The maximum atomic E-state index is 12.3. The first-order valence-corrected chi connectivity index (χ1v) is 8.73. The standard InChI is InChI=1S/C18H22N4O3/c23-17(15-12-19-18(24)20-15)22-8-6-21(7-9-22)5-3-13-1-2-16-14(11-13)4-10-25-16/h1-2,11-12H,3-10H2,(H2,19,20,24). The first-order valence-electron chi connectivity index (χ1n) is 8.73. The van der Waals surface area contributed by atoms with E-state index in [1.807, 2.05) is 0 Å². The number of hydrogen-bond acceptors (Lipinski definition) is 4. The lowest BCUT2D eigenvalue weighted by Crippen LogP contribution is -2.49. The summed E-state index contributed by atoms with van der Waals surface area (Å²) < 4.78 is 5.55. The van der Waals surface area contributed by atoms with E-state index in [0.717, 1.165) is 44.8 Å². The van der Waals surface area contributed by atoms with E-state index in [0.29, 0.717) is 18.8 Å². The predicted octanol–water partition coefficient (Wildman–Crippen LogP) is 0.638. The van der Waals surface area contributed by atoms with Gasteiger partial charge in [0.1, 0.15) is 11.4 Å². The fraction of sp³-hybridized carbons (Fsp3) is 0.444. The monoisotopic (exact) mass is 342 g/mol. The molecule has 0 saturated carbocycles. The van der Waals surface area contributed by atoms with E-state index in [4.69, 9.17) is 4.74 Å². The second-order valence-corrected chi connectivity index (χ2v) is 6.58. The lowest BCUT2D eigenvalue weighted by Gasteiger charge is -2.34. The van der Waals surface area contributed by atoms with Crippen molar-refractivity contribution >= 4 is 5.91 Å². The van der Waals surface area contributed by atoms with Gasteiger partial charge in [-0.1, -0.05) is 12.1 Å². The molecule has 0 spiro atoms. The number of aromatic amines is 2. The van der Waals surface area contributed by atoms with Crippen molar-refractivity contribution in [2.75, 3.05) is 39.3 Å². The summed E-state index contributed by atoms with van der Waals surface area (Å²) in [5.74, 6) is 0.912. The van der Waals surface area contributed by atoms with Crippen LogP contribution in [0.3, 0.4) is 0 Å². The molecule has 2 aromatic rings. The Kier molecular flexibility index (Phi) is 4.31. The molecule has 25 heavy (non-hydrogen) atoms. The summed E-state index contributed by atoms with van der Waals surface area (Å²) in [4.78, 5) is 32.6. The topological polar surface area (TPSA) is 81.4 Å². The van der Waals surface area contributed by atoms with E-state index >= 15 is 0 Å². The van der Waals surface area contributed by atoms with Crippen LogP contribution in [0.1, 0.15) is 21.6 Å². The molecule has 2 aliphatic heterocycles. The van der Waals surface area contributed by atoms with Gasteiger partial charge in [0.05, 0.1) is 6.61 Å². The number of amides is 1. The molecule has 0 unspecified atom stereocenters. The van der Waals surface area contributed by atoms with E-state index in [1.54, 1.807) is 4.90 Å². The summed E-state index contributed by atoms with van der Waals surface area (Å²) in [5.41, 5.74) is 2.64. The molecule has 7 nitrogen and oxygen atoms in total. The molecule has 0 bridgehead atoms. The fourth-order valence-electron chi connectivity index (χ4n) is 3.47. The first-order chi connectivity index (χ1) is 12.2. The highest BCUT2D eigenvalue weighted by Gasteiger charge is 2.23. The van der Waals surface area contributed by atoms with Gasteiger partial charge in [-0.15, -0.1) is 0 Å². The number of nitrogens with one attached hydrogen (secondary N) is 2. The Labute approximate surface area is 145 Å². The van der Waals surface area contributed by atoms with Crippen molar-refractivity contribution in [1.82, 2.24) is 19.8 Å². The van der Waals surface area contributed by atoms with Crippen molar-refractivity contribution < 1.29 is 9.53 Å². The van der Waals surface area contributed by atoms with E-state index in [2.05, 4.69) is 33.1 Å². The molecular formula is C18H22N4O3. The number of H-pyrrole nitrogens is 2. The molecule has 1 fully saturated rings. The molecule has 3 heterocycles. The third-order valence-corrected chi connectivity index (χ3v) is 4.96. The molecular weight excluding hydrogens is 320 g/mol. The summed E-state index contributed by atoms with van der Waals surface area (Å²) in [5, 5.41) is 0. The van der Waals surface area contributed by atoms with Crippen LogP contribution >= 0.6 is 0 Å². The average molecular weight is 342 g/mol. The molecule has 1 aromatic carbocycles. The van der Waals surface area contributed by atoms with Gasteiger partial charge in [0.2, 0.25) is 0 Å². The van der Waals surface area contributed by atoms with Gasteiger partial charge in [0.15, 0.2) is 0 Å². The highest BCUT2D eigenvalue weighted by Crippen LogP contribution is 2.26. The Morgan fingerprint density at radius 3 is 2.80 bits per heavy atom. The molecule has 2 aliphatic rings. The van der Waals surface area contributed by atoms with Crippen LogP contribution in [0, 0.1) is 0 Å². The highest BCUT2D eigenvalue weighted by atomic mass is 16.5. The number of aromatic nitrogens is 2. The van der Waals surface area contributed by atoms with Crippen LogP contribution in [0.5, 0.6) is 5.75 Å². The highest BCUT2D eigenvalue weighted by molar-refractivity contribution is 5.92. The summed E-state index contributed by atoms with van der Waals surface area (Å²) in [6.45, 7) is 4.86. The molecule has 1 amide bonds. The van der Waals surface area contributed by atoms with Crippen molar-refractivity contribution in [3.8, 4) is 5.75 Å². The van der Waals surface area contributed by atoms with Gasteiger partial charge in [-0.3, -0.25) is 9.69 Å². The SMILES string of the molecule is O=C(c1c[nH]c(=O)[nH]1)N1CCN(CCc2ccc3c(c2)CCO3)CC1. The minimum absolute atomic E-state index is 0.114. The van der Waals surface area contributed by atoms with Crippen LogP contribution in [0.25, 0.3) is 0 Å². The van der Waals surface area contributed by atoms with E-state index in [-0.39, 0.29) is 11.6 Å². The first kappa shape index (κ1) is 16.0. The maximum Gasteiger partial charge on any atom is 0.323 e. The van der Waals surface area contributed by atoms with Crippen LogP contribution < -0.4 is 10.4 Å². The van der Waals surface area contributed by atoms with E-state index in [1.165, 1.54) is 17.3 Å². The minimum Gasteiger partial charge on any atom is -0.493 e. The van der Waals surface area contributed by atoms with Crippen LogP contribution in [0.15, 0.2) is 29.2 Å². The number of nitrogens with zero attached hydrogens (tertiary/aromatic N) is 2. The number of carbonyl (C=O) groups excluding carboxylic acids is 1. The molecule has 2 N–H and O–H groups in total. The number of imidazole rings is 1.